The largest absolute Gasteiger partial charge is 0.401 e. The van der Waals surface area contributed by atoms with Crippen molar-refractivity contribution in [1.29, 1.82) is 0 Å². The van der Waals surface area contributed by atoms with E-state index in [-0.39, 0.29) is 0 Å². The fourth-order valence-corrected chi connectivity index (χ4v) is 3.20. The second-order valence-corrected chi connectivity index (χ2v) is 5.88. The van der Waals surface area contributed by atoms with Gasteiger partial charge in [-0.15, -0.1) is 0 Å². The number of piperazine rings is 1. The topological polar surface area (TPSA) is 32.5 Å². The Morgan fingerprint density at radius 2 is 1.63 bits per heavy atom. The van der Waals surface area contributed by atoms with Crippen LogP contribution in [-0.4, -0.2) is 61.3 Å². The lowest BCUT2D eigenvalue weighted by Gasteiger charge is -2.35. The number of hydrogen-bond acceptors (Lipinski definition) is 3. The Balaban J connectivity index is 1.63. The average Bonchev–Trinajstić information content (AvgIpc) is 2.72. The molecule has 0 aromatic heterocycles. The lowest BCUT2D eigenvalue weighted by molar-refractivity contribution is -0.149. The molecule has 112 valence electrons. The molecule has 1 aliphatic heterocycles. The second-order valence-electron chi connectivity index (χ2n) is 5.88. The Labute approximate surface area is 112 Å². The van der Waals surface area contributed by atoms with Crippen LogP contribution in [0.25, 0.3) is 0 Å². The molecular formula is C13H24F3N3. The van der Waals surface area contributed by atoms with Gasteiger partial charge in [-0.25, -0.2) is 0 Å². The molecule has 2 N–H and O–H groups in total. The summed E-state index contributed by atoms with van der Waals surface area (Å²) in [5, 5.41) is 0. The number of alkyl halides is 3. The van der Waals surface area contributed by atoms with Gasteiger partial charge in [0.25, 0.3) is 0 Å². The van der Waals surface area contributed by atoms with E-state index in [0.29, 0.717) is 25.0 Å². The highest BCUT2D eigenvalue weighted by atomic mass is 19.4. The molecule has 2 rings (SSSR count). The monoisotopic (exact) mass is 279 g/mol. The second kappa shape index (κ2) is 6.41. The molecule has 0 bridgehead atoms. The van der Waals surface area contributed by atoms with Crippen LogP contribution in [0.1, 0.15) is 25.7 Å². The molecule has 6 heteroatoms. The normalized spacial score (nSPS) is 30.9. The Morgan fingerprint density at radius 3 is 2.16 bits per heavy atom. The summed E-state index contributed by atoms with van der Waals surface area (Å²) in [5.41, 5.74) is 6.03. The number of nitrogens with two attached hydrogens (primary N) is 1. The highest BCUT2D eigenvalue weighted by Crippen LogP contribution is 2.27. The lowest BCUT2D eigenvalue weighted by atomic mass is 10.00. The van der Waals surface area contributed by atoms with Crippen LogP contribution < -0.4 is 5.73 Å². The summed E-state index contributed by atoms with van der Waals surface area (Å²) < 4.78 is 36.8. The van der Waals surface area contributed by atoms with Gasteiger partial charge in [0.1, 0.15) is 0 Å². The summed E-state index contributed by atoms with van der Waals surface area (Å²) in [7, 11) is 0. The van der Waals surface area contributed by atoms with Crippen LogP contribution in [0.15, 0.2) is 0 Å². The Kier molecular flexibility index (Phi) is 5.09. The Bertz CT molecular complexity index is 275. The molecule has 19 heavy (non-hydrogen) atoms. The van der Waals surface area contributed by atoms with Crippen molar-refractivity contribution < 1.29 is 13.2 Å². The molecule has 0 aromatic carbocycles. The van der Waals surface area contributed by atoms with E-state index in [0.717, 1.165) is 32.5 Å². The molecule has 1 aliphatic carbocycles. The fourth-order valence-electron chi connectivity index (χ4n) is 3.20. The van der Waals surface area contributed by atoms with Crippen LogP contribution in [0, 0.1) is 5.92 Å². The zero-order valence-electron chi connectivity index (χ0n) is 11.3. The van der Waals surface area contributed by atoms with Crippen LogP contribution >= 0.6 is 0 Å². The van der Waals surface area contributed by atoms with Crippen molar-refractivity contribution in [3.63, 3.8) is 0 Å². The van der Waals surface area contributed by atoms with Gasteiger partial charge in [-0.05, 0) is 31.7 Å². The van der Waals surface area contributed by atoms with Crippen LogP contribution in [0.4, 0.5) is 13.2 Å². The summed E-state index contributed by atoms with van der Waals surface area (Å²) >= 11 is 0. The van der Waals surface area contributed by atoms with Gasteiger partial charge < -0.3 is 10.6 Å². The van der Waals surface area contributed by atoms with E-state index < -0.39 is 12.7 Å². The molecule has 2 aliphatic rings. The van der Waals surface area contributed by atoms with Gasteiger partial charge in [-0.3, -0.25) is 4.90 Å². The molecule has 1 heterocycles. The van der Waals surface area contributed by atoms with Gasteiger partial charge in [0.2, 0.25) is 0 Å². The highest BCUT2D eigenvalue weighted by Gasteiger charge is 2.32. The van der Waals surface area contributed by atoms with Crippen LogP contribution in [0.5, 0.6) is 0 Å². The van der Waals surface area contributed by atoms with Crippen molar-refractivity contribution in [2.24, 2.45) is 11.7 Å². The zero-order chi connectivity index (χ0) is 13.9. The molecule has 0 amide bonds. The van der Waals surface area contributed by atoms with E-state index in [1.54, 1.807) is 0 Å². The van der Waals surface area contributed by atoms with E-state index >= 15 is 0 Å². The number of hydrogen-bond donors (Lipinski definition) is 1. The van der Waals surface area contributed by atoms with Crippen molar-refractivity contribution in [3.8, 4) is 0 Å². The van der Waals surface area contributed by atoms with E-state index in [1.165, 1.54) is 17.7 Å². The summed E-state index contributed by atoms with van der Waals surface area (Å²) in [6.45, 7) is 2.76. The molecule has 3 nitrogen and oxygen atoms in total. The Morgan fingerprint density at radius 1 is 1.00 bits per heavy atom. The summed E-state index contributed by atoms with van der Waals surface area (Å²) in [6.07, 6.45) is 0.601. The van der Waals surface area contributed by atoms with Crippen molar-refractivity contribution in [1.82, 2.24) is 9.80 Å². The lowest BCUT2D eigenvalue weighted by Crippen LogP contribution is -2.49. The first-order chi connectivity index (χ1) is 8.94. The molecule has 2 fully saturated rings. The fraction of sp³-hybridized carbons (Fsp3) is 1.00. The van der Waals surface area contributed by atoms with Crippen LogP contribution in [0.2, 0.25) is 0 Å². The average molecular weight is 279 g/mol. The maximum atomic E-state index is 12.3. The third-order valence-corrected chi connectivity index (χ3v) is 4.40. The molecule has 0 spiro atoms. The minimum absolute atomic E-state index is 0.339. The first-order valence-electron chi connectivity index (χ1n) is 7.21. The first kappa shape index (κ1) is 15.1. The van der Waals surface area contributed by atoms with Gasteiger partial charge in [-0.1, -0.05) is 6.42 Å². The third-order valence-electron chi connectivity index (χ3n) is 4.40. The van der Waals surface area contributed by atoms with Gasteiger partial charge in [0.15, 0.2) is 0 Å². The molecule has 2 unspecified atom stereocenters. The van der Waals surface area contributed by atoms with Crippen molar-refractivity contribution in [2.75, 3.05) is 39.3 Å². The SMILES string of the molecule is NC1CCCC1CCN1CCN(CC(F)(F)F)CC1. The summed E-state index contributed by atoms with van der Waals surface area (Å²) in [6, 6.07) is 0.339. The number of halogens is 3. The minimum Gasteiger partial charge on any atom is -0.327 e. The van der Waals surface area contributed by atoms with E-state index in [1.807, 2.05) is 0 Å². The van der Waals surface area contributed by atoms with E-state index in [4.69, 9.17) is 5.73 Å². The Hall–Kier alpha value is -0.330. The van der Waals surface area contributed by atoms with Gasteiger partial charge >= 0.3 is 6.18 Å². The first-order valence-corrected chi connectivity index (χ1v) is 7.21. The predicted molar refractivity (Wildman–Crippen MR) is 68.9 cm³/mol. The molecular weight excluding hydrogens is 255 g/mol. The van der Waals surface area contributed by atoms with Crippen molar-refractivity contribution in [3.05, 3.63) is 0 Å². The molecule has 1 saturated carbocycles. The quantitative estimate of drug-likeness (QED) is 0.850. The summed E-state index contributed by atoms with van der Waals surface area (Å²) in [4.78, 5) is 3.77. The van der Waals surface area contributed by atoms with Gasteiger partial charge in [-0.2, -0.15) is 13.2 Å². The minimum atomic E-state index is -4.07. The maximum absolute atomic E-state index is 12.3. The predicted octanol–water partition coefficient (Wildman–Crippen LogP) is 1.68. The molecule has 0 aromatic rings. The van der Waals surface area contributed by atoms with E-state index in [9.17, 15) is 13.2 Å². The van der Waals surface area contributed by atoms with Crippen LogP contribution in [-0.2, 0) is 0 Å². The third kappa shape index (κ3) is 4.93. The smallest absolute Gasteiger partial charge is 0.327 e. The maximum Gasteiger partial charge on any atom is 0.401 e. The standard InChI is InChI=1S/C13H24F3N3/c14-13(15,16)10-19-8-6-18(7-9-19)5-4-11-2-1-3-12(11)17/h11-12H,1-10,17H2. The molecule has 0 radical (unpaired) electrons. The van der Waals surface area contributed by atoms with Gasteiger partial charge in [0.05, 0.1) is 6.54 Å². The highest BCUT2D eigenvalue weighted by molar-refractivity contribution is 4.82. The van der Waals surface area contributed by atoms with Crippen LogP contribution in [0.3, 0.4) is 0 Å². The van der Waals surface area contributed by atoms with E-state index in [2.05, 4.69) is 4.90 Å². The van der Waals surface area contributed by atoms with Gasteiger partial charge in [0, 0.05) is 32.2 Å². The zero-order valence-corrected chi connectivity index (χ0v) is 11.3. The molecule has 2 atom stereocenters. The number of rotatable bonds is 4. The van der Waals surface area contributed by atoms with Crippen molar-refractivity contribution >= 4 is 0 Å². The number of nitrogens with zero attached hydrogens (tertiary/aromatic N) is 2. The van der Waals surface area contributed by atoms with Crippen molar-refractivity contribution in [2.45, 2.75) is 37.9 Å². The molecule has 1 saturated heterocycles. The summed E-state index contributed by atoms with van der Waals surface area (Å²) in [5.74, 6) is 0.619.